The van der Waals surface area contributed by atoms with Crippen LogP contribution in [-0.2, 0) is 16.2 Å². The minimum absolute atomic E-state index is 0.0140. The molecule has 4 rings (SSSR count). The number of nitrogens with zero attached hydrogens (tertiary/aromatic N) is 5. The number of hydrogen-bond donors (Lipinski definition) is 0. The van der Waals surface area contributed by atoms with Crippen LogP contribution in [-0.4, -0.2) is 69.9 Å². The van der Waals surface area contributed by atoms with Gasteiger partial charge in [0.05, 0.1) is 19.2 Å². The second-order valence-corrected chi connectivity index (χ2v) is 8.67. The quantitative estimate of drug-likeness (QED) is 0.668. The van der Waals surface area contributed by atoms with Crippen LogP contribution in [0.4, 0.5) is 0 Å². The van der Waals surface area contributed by atoms with Crippen LogP contribution in [0, 0.1) is 18.8 Å². The van der Waals surface area contributed by atoms with E-state index in [1.807, 2.05) is 4.90 Å². The summed E-state index contributed by atoms with van der Waals surface area (Å²) in [6, 6.07) is 0. The van der Waals surface area contributed by atoms with E-state index >= 15 is 0 Å². The van der Waals surface area contributed by atoms with Crippen LogP contribution in [0.25, 0.3) is 10.9 Å². The predicted octanol–water partition coefficient (Wildman–Crippen LogP) is 1.41. The van der Waals surface area contributed by atoms with Crippen LogP contribution in [0.3, 0.4) is 0 Å². The number of methoxy groups -OCH3 is 1. The molecule has 0 N–H and O–H groups in total. The van der Waals surface area contributed by atoms with E-state index in [9.17, 15) is 14.4 Å². The number of hydrogen-bond acceptors (Lipinski definition) is 8. The summed E-state index contributed by atoms with van der Waals surface area (Å²) in [5.41, 5.74) is -0.336. The third-order valence-corrected chi connectivity index (χ3v) is 6.38. The van der Waals surface area contributed by atoms with Gasteiger partial charge in [-0.15, -0.1) is 0 Å². The summed E-state index contributed by atoms with van der Waals surface area (Å²) in [5.74, 6) is 0.546. The number of rotatable bonds is 4. The fourth-order valence-electron chi connectivity index (χ4n) is 4.63. The lowest BCUT2D eigenvalue weighted by Gasteiger charge is -2.37. The molecule has 2 saturated heterocycles. The number of aryl methyl sites for hydroxylation is 1. The van der Waals surface area contributed by atoms with Crippen molar-refractivity contribution < 1.29 is 18.8 Å². The number of carbonyl (C=O) groups is 2. The van der Waals surface area contributed by atoms with Crippen LogP contribution in [0.2, 0.25) is 0 Å². The molecule has 2 aromatic rings. The average molecular weight is 431 g/mol. The van der Waals surface area contributed by atoms with Crippen molar-refractivity contribution in [3.05, 3.63) is 21.8 Å². The molecular formula is C21H29N5O5. The standard InChI is InChI=1S/C21H29N5O5/c1-13-5-4-8-25(11-13)19(27)15-6-9-24(10-7-15)12-26-20(28)17-16(14(2)31-23-17)18(22-26)21(29)30-3/h13,15H,4-12H2,1-3H3/t13-/m0/s1. The summed E-state index contributed by atoms with van der Waals surface area (Å²) in [7, 11) is 1.26. The molecule has 2 aliphatic heterocycles. The zero-order chi connectivity index (χ0) is 22.1. The van der Waals surface area contributed by atoms with Crippen molar-refractivity contribution in [2.45, 2.75) is 46.2 Å². The van der Waals surface area contributed by atoms with Gasteiger partial charge in [0.1, 0.15) is 5.76 Å². The molecule has 0 saturated carbocycles. The number of ether oxygens (including phenoxy) is 1. The normalized spacial score (nSPS) is 20.9. The van der Waals surface area contributed by atoms with Crippen molar-refractivity contribution in [1.82, 2.24) is 24.7 Å². The van der Waals surface area contributed by atoms with E-state index < -0.39 is 11.5 Å². The topological polar surface area (TPSA) is 111 Å². The molecule has 0 aliphatic carbocycles. The lowest BCUT2D eigenvalue weighted by Crippen LogP contribution is -2.46. The average Bonchev–Trinajstić information content (AvgIpc) is 3.17. The minimum Gasteiger partial charge on any atom is -0.464 e. The van der Waals surface area contributed by atoms with Crippen molar-refractivity contribution in [3.8, 4) is 0 Å². The maximum Gasteiger partial charge on any atom is 0.359 e. The summed E-state index contributed by atoms with van der Waals surface area (Å²) in [5, 5.41) is 8.35. The molecule has 168 valence electrons. The molecule has 0 spiro atoms. The lowest BCUT2D eigenvalue weighted by atomic mass is 9.93. The zero-order valence-electron chi connectivity index (χ0n) is 18.3. The number of likely N-dealkylation sites (tertiary alicyclic amines) is 2. The molecule has 4 heterocycles. The van der Waals surface area contributed by atoms with Crippen molar-refractivity contribution in [2.24, 2.45) is 11.8 Å². The van der Waals surface area contributed by atoms with Gasteiger partial charge < -0.3 is 14.2 Å². The molecule has 1 amide bonds. The smallest absolute Gasteiger partial charge is 0.359 e. The Labute approximate surface area is 180 Å². The first-order chi connectivity index (χ1) is 14.9. The highest BCUT2D eigenvalue weighted by molar-refractivity contribution is 6.01. The van der Waals surface area contributed by atoms with Gasteiger partial charge in [-0.05, 0) is 38.5 Å². The van der Waals surface area contributed by atoms with E-state index in [4.69, 9.17) is 9.26 Å². The summed E-state index contributed by atoms with van der Waals surface area (Å²) < 4.78 is 11.2. The van der Waals surface area contributed by atoms with Crippen LogP contribution >= 0.6 is 0 Å². The van der Waals surface area contributed by atoms with Crippen LogP contribution < -0.4 is 5.56 Å². The number of carbonyl (C=O) groups excluding carboxylic acids is 2. The second kappa shape index (κ2) is 8.78. The summed E-state index contributed by atoms with van der Waals surface area (Å²) in [6.07, 6.45) is 3.75. The van der Waals surface area contributed by atoms with Crippen molar-refractivity contribution in [2.75, 3.05) is 33.3 Å². The van der Waals surface area contributed by atoms with Gasteiger partial charge in [-0.2, -0.15) is 5.10 Å². The van der Waals surface area contributed by atoms with E-state index in [0.29, 0.717) is 24.8 Å². The first kappa shape index (κ1) is 21.5. The highest BCUT2D eigenvalue weighted by atomic mass is 16.5. The molecule has 0 bridgehead atoms. The number of amides is 1. The van der Waals surface area contributed by atoms with Crippen LogP contribution in [0.5, 0.6) is 0 Å². The predicted molar refractivity (Wildman–Crippen MR) is 111 cm³/mol. The summed E-state index contributed by atoms with van der Waals surface area (Å²) in [6.45, 7) is 7.10. The monoisotopic (exact) mass is 431 g/mol. The van der Waals surface area contributed by atoms with E-state index in [1.165, 1.54) is 18.2 Å². The van der Waals surface area contributed by atoms with Gasteiger partial charge in [0.25, 0.3) is 5.56 Å². The number of aromatic nitrogens is 3. The van der Waals surface area contributed by atoms with Gasteiger partial charge in [-0.25, -0.2) is 9.48 Å². The first-order valence-corrected chi connectivity index (χ1v) is 10.9. The highest BCUT2D eigenvalue weighted by Gasteiger charge is 2.31. The molecule has 2 aliphatic rings. The molecule has 10 nitrogen and oxygen atoms in total. The summed E-state index contributed by atoms with van der Waals surface area (Å²) in [4.78, 5) is 42.0. The maximum absolute atomic E-state index is 12.9. The van der Waals surface area contributed by atoms with Gasteiger partial charge in [0.2, 0.25) is 5.91 Å². The van der Waals surface area contributed by atoms with Crippen molar-refractivity contribution >= 4 is 22.8 Å². The number of piperidine rings is 2. The minimum atomic E-state index is -0.648. The Bertz CT molecular complexity index is 1040. The molecule has 2 fully saturated rings. The first-order valence-electron chi connectivity index (χ1n) is 10.9. The van der Waals surface area contributed by atoms with Gasteiger partial charge in [-0.3, -0.25) is 14.5 Å². The Morgan fingerprint density at radius 1 is 1.19 bits per heavy atom. The second-order valence-electron chi connectivity index (χ2n) is 8.67. The van der Waals surface area contributed by atoms with Crippen LogP contribution in [0.1, 0.15) is 48.9 Å². The summed E-state index contributed by atoms with van der Waals surface area (Å²) >= 11 is 0. The van der Waals surface area contributed by atoms with E-state index in [2.05, 4.69) is 22.1 Å². The van der Waals surface area contributed by atoms with Gasteiger partial charge >= 0.3 is 5.97 Å². The molecular weight excluding hydrogens is 402 g/mol. The van der Waals surface area contributed by atoms with E-state index in [0.717, 1.165) is 32.4 Å². The molecule has 2 aromatic heterocycles. The Morgan fingerprint density at radius 3 is 2.61 bits per heavy atom. The van der Waals surface area contributed by atoms with Gasteiger partial charge in [0.15, 0.2) is 11.2 Å². The molecule has 0 aromatic carbocycles. The molecule has 0 radical (unpaired) electrons. The Hall–Kier alpha value is -2.75. The number of fused-ring (bicyclic) bond motifs is 1. The molecule has 1 atom stereocenters. The van der Waals surface area contributed by atoms with Crippen molar-refractivity contribution in [3.63, 3.8) is 0 Å². The molecule has 10 heteroatoms. The zero-order valence-corrected chi connectivity index (χ0v) is 18.3. The molecule has 31 heavy (non-hydrogen) atoms. The third kappa shape index (κ3) is 4.21. The Kier molecular flexibility index (Phi) is 6.08. The van der Waals surface area contributed by atoms with Crippen molar-refractivity contribution in [1.29, 1.82) is 0 Å². The lowest BCUT2D eigenvalue weighted by molar-refractivity contribution is -0.139. The van der Waals surface area contributed by atoms with E-state index in [1.54, 1.807) is 6.92 Å². The van der Waals surface area contributed by atoms with Crippen LogP contribution in [0.15, 0.2) is 9.32 Å². The van der Waals surface area contributed by atoms with Gasteiger partial charge in [-0.1, -0.05) is 12.1 Å². The SMILES string of the molecule is COC(=O)c1nn(CN2CCC(C(=O)N3CCC[C@H](C)C3)CC2)c(=O)c2noc(C)c12. The number of esters is 1. The third-order valence-electron chi connectivity index (χ3n) is 6.38. The fourth-order valence-corrected chi connectivity index (χ4v) is 4.63. The Morgan fingerprint density at radius 2 is 1.94 bits per heavy atom. The van der Waals surface area contributed by atoms with E-state index in [-0.39, 0.29) is 35.1 Å². The molecule has 0 unspecified atom stereocenters. The maximum atomic E-state index is 12.9. The highest BCUT2D eigenvalue weighted by Crippen LogP contribution is 2.24. The fraction of sp³-hybridized carbons (Fsp3) is 0.667. The van der Waals surface area contributed by atoms with Gasteiger partial charge in [0, 0.05) is 32.1 Å². The Balaban J connectivity index is 1.46. The largest absolute Gasteiger partial charge is 0.464 e.